The average Bonchev–Trinajstić information content (AvgIpc) is 3.12. The minimum absolute atomic E-state index is 0.0799. The number of hydrogen-bond acceptors (Lipinski definition) is 2. The molecule has 1 amide bonds. The van der Waals surface area contributed by atoms with Crippen LogP contribution in [0.1, 0.15) is 23.2 Å². The lowest BCUT2D eigenvalue weighted by atomic mass is 10.1. The highest BCUT2D eigenvalue weighted by molar-refractivity contribution is 14.1. The highest BCUT2D eigenvalue weighted by Crippen LogP contribution is 2.33. The first-order valence-corrected chi connectivity index (χ1v) is 7.35. The van der Waals surface area contributed by atoms with Crippen molar-refractivity contribution in [2.75, 3.05) is 0 Å². The molecule has 4 nitrogen and oxygen atoms in total. The summed E-state index contributed by atoms with van der Waals surface area (Å²) in [6.45, 7) is 0. The predicted octanol–water partition coefficient (Wildman–Crippen LogP) is 2.65. The van der Waals surface area contributed by atoms with Gasteiger partial charge in [-0.25, -0.2) is 4.79 Å². The predicted molar refractivity (Wildman–Crippen MR) is 78.5 cm³/mol. The number of hydrogen-bond donors (Lipinski definition) is 2. The highest BCUT2D eigenvalue weighted by atomic mass is 127. The first-order valence-electron chi connectivity index (χ1n) is 5.48. The van der Waals surface area contributed by atoms with Gasteiger partial charge in [-0.2, -0.15) is 0 Å². The number of amides is 1. The van der Waals surface area contributed by atoms with Crippen molar-refractivity contribution in [1.82, 2.24) is 5.32 Å². The molecule has 0 aromatic heterocycles. The van der Waals surface area contributed by atoms with Gasteiger partial charge in [-0.15, -0.1) is 0 Å². The van der Waals surface area contributed by atoms with Gasteiger partial charge in [-0.3, -0.25) is 4.79 Å². The first kappa shape index (κ1) is 13.8. The van der Waals surface area contributed by atoms with Crippen molar-refractivity contribution in [3.63, 3.8) is 0 Å². The van der Waals surface area contributed by atoms with Crippen LogP contribution in [0.5, 0.6) is 0 Å². The largest absolute Gasteiger partial charge is 0.480 e. The van der Waals surface area contributed by atoms with Crippen molar-refractivity contribution in [2.45, 2.75) is 18.9 Å². The van der Waals surface area contributed by atoms with E-state index in [1.54, 1.807) is 6.07 Å². The van der Waals surface area contributed by atoms with Crippen molar-refractivity contribution in [3.05, 3.63) is 31.8 Å². The Morgan fingerprint density at radius 3 is 2.67 bits per heavy atom. The van der Waals surface area contributed by atoms with Gasteiger partial charge in [0.25, 0.3) is 5.91 Å². The molecular formula is C12H11BrINO3. The lowest BCUT2D eigenvalue weighted by molar-refractivity contribution is -0.139. The molecule has 6 heteroatoms. The summed E-state index contributed by atoms with van der Waals surface area (Å²) in [5, 5.41) is 11.7. The molecule has 0 bridgehead atoms. The molecule has 18 heavy (non-hydrogen) atoms. The number of carbonyl (C=O) groups is 2. The van der Waals surface area contributed by atoms with Crippen LogP contribution < -0.4 is 5.32 Å². The number of nitrogens with one attached hydrogen (secondary N) is 1. The maximum atomic E-state index is 12.1. The maximum Gasteiger partial charge on any atom is 0.326 e. The van der Waals surface area contributed by atoms with Crippen LogP contribution in [-0.2, 0) is 4.79 Å². The summed E-state index contributed by atoms with van der Waals surface area (Å²) in [4.78, 5) is 23.1. The molecule has 96 valence electrons. The van der Waals surface area contributed by atoms with Gasteiger partial charge in [0, 0.05) is 8.04 Å². The molecule has 1 saturated carbocycles. The van der Waals surface area contributed by atoms with Crippen molar-refractivity contribution < 1.29 is 14.7 Å². The molecule has 0 spiro atoms. The lowest BCUT2D eigenvalue weighted by Gasteiger charge is -2.14. The van der Waals surface area contributed by atoms with Gasteiger partial charge in [0.1, 0.15) is 6.04 Å². The van der Waals surface area contributed by atoms with Gasteiger partial charge in [0.05, 0.1) is 5.56 Å². The van der Waals surface area contributed by atoms with Gasteiger partial charge >= 0.3 is 5.97 Å². The van der Waals surface area contributed by atoms with Gasteiger partial charge in [0.15, 0.2) is 0 Å². The Kier molecular flexibility index (Phi) is 4.26. The number of carbonyl (C=O) groups excluding carboxylic acids is 1. The molecular weight excluding hydrogens is 413 g/mol. The summed E-state index contributed by atoms with van der Waals surface area (Å²) in [6.07, 6.45) is 1.74. The van der Waals surface area contributed by atoms with E-state index in [1.165, 1.54) is 0 Å². The molecule has 2 N–H and O–H groups in total. The fraction of sp³-hybridized carbons (Fsp3) is 0.333. The van der Waals surface area contributed by atoms with E-state index in [0.29, 0.717) is 5.56 Å². The molecule has 1 fully saturated rings. The van der Waals surface area contributed by atoms with Gasteiger partial charge < -0.3 is 10.4 Å². The van der Waals surface area contributed by atoms with Gasteiger partial charge in [-0.1, -0.05) is 15.9 Å². The maximum absolute atomic E-state index is 12.1. The fourth-order valence-electron chi connectivity index (χ4n) is 1.70. The Bertz CT molecular complexity index is 502. The third kappa shape index (κ3) is 3.23. The number of rotatable bonds is 4. The quantitative estimate of drug-likeness (QED) is 0.731. The number of carboxylic acid groups (broad SMARTS) is 1. The van der Waals surface area contributed by atoms with Crippen LogP contribution in [0.4, 0.5) is 0 Å². The van der Waals surface area contributed by atoms with E-state index in [2.05, 4.69) is 43.8 Å². The normalized spacial score (nSPS) is 16.1. The van der Waals surface area contributed by atoms with E-state index in [4.69, 9.17) is 5.11 Å². The topological polar surface area (TPSA) is 66.4 Å². The number of benzene rings is 1. The second-order valence-electron chi connectivity index (χ2n) is 4.25. The molecule has 1 unspecified atom stereocenters. The zero-order chi connectivity index (χ0) is 13.3. The lowest BCUT2D eigenvalue weighted by Crippen LogP contribution is -2.42. The summed E-state index contributed by atoms with van der Waals surface area (Å²) in [5.41, 5.74) is 0.497. The minimum Gasteiger partial charge on any atom is -0.480 e. The van der Waals surface area contributed by atoms with Crippen LogP contribution in [0.25, 0.3) is 0 Å². The van der Waals surface area contributed by atoms with E-state index in [-0.39, 0.29) is 11.8 Å². The molecule has 2 rings (SSSR count). The third-order valence-corrected chi connectivity index (χ3v) is 4.25. The van der Waals surface area contributed by atoms with Crippen molar-refractivity contribution in [3.8, 4) is 0 Å². The zero-order valence-corrected chi connectivity index (χ0v) is 13.1. The second kappa shape index (κ2) is 5.56. The average molecular weight is 424 g/mol. The molecule has 0 radical (unpaired) electrons. The van der Waals surface area contributed by atoms with Crippen LogP contribution in [-0.4, -0.2) is 23.0 Å². The second-order valence-corrected chi connectivity index (χ2v) is 6.33. The Balaban J connectivity index is 2.15. The van der Waals surface area contributed by atoms with Gasteiger partial charge in [0.2, 0.25) is 0 Å². The van der Waals surface area contributed by atoms with Crippen LogP contribution in [0.3, 0.4) is 0 Å². The summed E-state index contributed by atoms with van der Waals surface area (Å²) in [6, 6.07) is 4.58. The fourth-order valence-corrected chi connectivity index (χ4v) is 2.64. The minimum atomic E-state index is -0.962. The highest BCUT2D eigenvalue weighted by Gasteiger charge is 2.37. The van der Waals surface area contributed by atoms with Crippen LogP contribution >= 0.6 is 38.5 Å². The van der Waals surface area contributed by atoms with Crippen LogP contribution in [0, 0.1) is 9.49 Å². The van der Waals surface area contributed by atoms with Crippen LogP contribution in [0.2, 0.25) is 0 Å². The molecule has 1 aromatic carbocycles. The summed E-state index contributed by atoms with van der Waals surface area (Å²) in [7, 11) is 0. The molecule has 0 saturated heterocycles. The number of aliphatic carboxylic acids is 1. The third-order valence-electron chi connectivity index (χ3n) is 2.82. The summed E-state index contributed by atoms with van der Waals surface area (Å²) < 4.78 is 1.60. The number of halogens is 2. The van der Waals surface area contributed by atoms with Crippen LogP contribution in [0.15, 0.2) is 22.7 Å². The van der Waals surface area contributed by atoms with E-state index < -0.39 is 12.0 Å². The molecule has 1 aliphatic carbocycles. The Morgan fingerprint density at radius 2 is 2.11 bits per heavy atom. The molecule has 1 aromatic rings. The standard InChI is InChI=1S/C12H11BrINO3/c13-7-3-4-9(14)8(5-7)11(16)15-10(12(17)18)6-1-2-6/h3-6,10H,1-2H2,(H,15,16)(H,17,18). The Labute approximate surface area is 126 Å². The van der Waals surface area contributed by atoms with E-state index in [1.807, 2.05) is 12.1 Å². The summed E-state index contributed by atoms with van der Waals surface area (Å²) in [5.74, 6) is -1.22. The number of carboxylic acids is 1. The molecule has 1 atom stereocenters. The SMILES string of the molecule is O=C(NC(C(=O)O)C1CC1)c1cc(Br)ccc1I. The van der Waals surface area contributed by atoms with Crippen molar-refractivity contribution >= 4 is 50.4 Å². The van der Waals surface area contributed by atoms with E-state index in [9.17, 15) is 9.59 Å². The molecule has 0 heterocycles. The summed E-state index contributed by atoms with van der Waals surface area (Å²) >= 11 is 5.36. The Morgan fingerprint density at radius 1 is 1.44 bits per heavy atom. The molecule has 1 aliphatic rings. The molecule has 0 aliphatic heterocycles. The smallest absolute Gasteiger partial charge is 0.326 e. The van der Waals surface area contributed by atoms with Crippen molar-refractivity contribution in [2.24, 2.45) is 5.92 Å². The van der Waals surface area contributed by atoms with Crippen molar-refractivity contribution in [1.29, 1.82) is 0 Å². The zero-order valence-electron chi connectivity index (χ0n) is 9.32. The van der Waals surface area contributed by atoms with Gasteiger partial charge in [-0.05, 0) is 59.5 Å². The first-order chi connectivity index (χ1) is 8.49. The van der Waals surface area contributed by atoms with E-state index >= 15 is 0 Å². The Hall–Kier alpha value is -0.630. The monoisotopic (exact) mass is 423 g/mol. The van der Waals surface area contributed by atoms with E-state index in [0.717, 1.165) is 20.9 Å².